The highest BCUT2D eigenvalue weighted by Gasteiger charge is 2.20. The Labute approximate surface area is 101 Å². The molecule has 1 N–H and O–H groups in total. The highest BCUT2D eigenvalue weighted by Crippen LogP contribution is 2.26. The van der Waals surface area contributed by atoms with E-state index in [0.717, 1.165) is 23.0 Å². The minimum absolute atomic E-state index is 0.0217. The third-order valence-corrected chi connectivity index (χ3v) is 2.67. The topological polar surface area (TPSA) is 54.7 Å². The van der Waals surface area contributed by atoms with Crippen LogP contribution in [0.15, 0.2) is 16.8 Å². The van der Waals surface area contributed by atoms with Gasteiger partial charge in [0.2, 0.25) is 0 Å². The van der Waals surface area contributed by atoms with Gasteiger partial charge in [0.1, 0.15) is 17.3 Å². The van der Waals surface area contributed by atoms with Crippen molar-refractivity contribution in [3.63, 3.8) is 0 Å². The fourth-order valence-electron chi connectivity index (χ4n) is 1.52. The number of hydrogen-bond donors (Lipinski definition) is 1. The molecule has 0 amide bonds. The zero-order chi connectivity index (χ0) is 12.6. The number of aromatic amines is 1. The molecule has 0 saturated carbocycles. The summed E-state index contributed by atoms with van der Waals surface area (Å²) in [6.45, 7) is 10.5. The van der Waals surface area contributed by atoms with Gasteiger partial charge < -0.3 is 9.51 Å². The summed E-state index contributed by atoms with van der Waals surface area (Å²) in [6.07, 6.45) is 1.81. The van der Waals surface area contributed by atoms with Gasteiger partial charge in [-0.2, -0.15) is 0 Å². The van der Waals surface area contributed by atoms with E-state index in [9.17, 15) is 0 Å². The molecule has 2 aromatic rings. The van der Waals surface area contributed by atoms with Gasteiger partial charge in [0, 0.05) is 17.4 Å². The van der Waals surface area contributed by atoms with E-state index in [1.165, 1.54) is 0 Å². The van der Waals surface area contributed by atoms with Gasteiger partial charge in [0.25, 0.3) is 0 Å². The average molecular weight is 233 g/mol. The molecule has 0 aliphatic rings. The van der Waals surface area contributed by atoms with Crippen LogP contribution in [0.1, 0.15) is 52.1 Å². The Bertz CT molecular complexity index is 503. The Morgan fingerprint density at radius 1 is 1.29 bits per heavy atom. The maximum Gasteiger partial charge on any atom is 0.142 e. The zero-order valence-corrected chi connectivity index (χ0v) is 11.0. The van der Waals surface area contributed by atoms with Crippen LogP contribution in [0.25, 0.3) is 11.4 Å². The van der Waals surface area contributed by atoms with Crippen molar-refractivity contribution in [3.05, 3.63) is 23.8 Å². The van der Waals surface area contributed by atoms with Crippen molar-refractivity contribution in [2.75, 3.05) is 0 Å². The lowest BCUT2D eigenvalue weighted by molar-refractivity contribution is 0.330. The van der Waals surface area contributed by atoms with Crippen molar-refractivity contribution in [1.29, 1.82) is 0 Å². The van der Waals surface area contributed by atoms with E-state index in [1.54, 1.807) is 6.20 Å². The molecule has 2 rings (SSSR count). The van der Waals surface area contributed by atoms with Crippen molar-refractivity contribution in [2.45, 2.75) is 46.0 Å². The van der Waals surface area contributed by atoms with E-state index in [4.69, 9.17) is 4.52 Å². The van der Waals surface area contributed by atoms with Gasteiger partial charge in [-0.3, -0.25) is 0 Å². The molecule has 0 aliphatic carbocycles. The van der Waals surface area contributed by atoms with Crippen molar-refractivity contribution < 1.29 is 4.52 Å². The normalized spacial score (nSPS) is 12.4. The number of rotatable bonds is 2. The standard InChI is InChI=1S/C13H19N3O/c1-8(2)12-14-7-10(15-12)9-6-11(17-16-9)13(3,4)5/h6-8H,1-5H3,(H,14,15). The Morgan fingerprint density at radius 3 is 2.47 bits per heavy atom. The summed E-state index contributed by atoms with van der Waals surface area (Å²) in [5.74, 6) is 2.24. The van der Waals surface area contributed by atoms with Crippen LogP contribution in [-0.2, 0) is 5.41 Å². The quantitative estimate of drug-likeness (QED) is 0.863. The molecule has 0 unspecified atom stereocenters. The average Bonchev–Trinajstić information content (AvgIpc) is 2.85. The fraction of sp³-hybridized carbons (Fsp3) is 0.538. The molecule has 92 valence electrons. The fourth-order valence-corrected chi connectivity index (χ4v) is 1.52. The van der Waals surface area contributed by atoms with E-state index in [1.807, 2.05) is 6.07 Å². The Balaban J connectivity index is 2.31. The second kappa shape index (κ2) is 4.02. The number of hydrogen-bond acceptors (Lipinski definition) is 3. The highest BCUT2D eigenvalue weighted by molar-refractivity contribution is 5.53. The lowest BCUT2D eigenvalue weighted by Gasteiger charge is -2.12. The molecule has 4 heteroatoms. The molecule has 0 atom stereocenters. The monoisotopic (exact) mass is 233 g/mol. The predicted molar refractivity (Wildman–Crippen MR) is 66.9 cm³/mol. The van der Waals surface area contributed by atoms with Gasteiger partial charge in [0.05, 0.1) is 11.9 Å². The maximum atomic E-state index is 5.36. The maximum absolute atomic E-state index is 5.36. The van der Waals surface area contributed by atoms with Crippen LogP contribution in [0.3, 0.4) is 0 Å². The van der Waals surface area contributed by atoms with Gasteiger partial charge in [-0.25, -0.2) is 4.98 Å². The molecule has 2 aromatic heterocycles. The molecular weight excluding hydrogens is 214 g/mol. The molecule has 17 heavy (non-hydrogen) atoms. The first-order valence-corrected chi connectivity index (χ1v) is 5.90. The molecule has 0 bridgehead atoms. The van der Waals surface area contributed by atoms with Crippen LogP contribution in [0.2, 0.25) is 0 Å². The first-order valence-electron chi connectivity index (χ1n) is 5.90. The van der Waals surface area contributed by atoms with Crippen molar-refractivity contribution in [3.8, 4) is 11.4 Å². The Hall–Kier alpha value is -1.58. The first kappa shape index (κ1) is 11.9. The second-order valence-electron chi connectivity index (χ2n) is 5.66. The van der Waals surface area contributed by atoms with Gasteiger partial charge >= 0.3 is 0 Å². The van der Waals surface area contributed by atoms with E-state index >= 15 is 0 Å². The molecular formula is C13H19N3O. The Kier molecular flexibility index (Phi) is 2.81. The summed E-state index contributed by atoms with van der Waals surface area (Å²) in [4.78, 5) is 7.59. The van der Waals surface area contributed by atoms with Crippen LogP contribution < -0.4 is 0 Å². The largest absolute Gasteiger partial charge is 0.360 e. The zero-order valence-electron chi connectivity index (χ0n) is 11.0. The lowest BCUT2D eigenvalue weighted by atomic mass is 9.93. The lowest BCUT2D eigenvalue weighted by Crippen LogP contribution is -2.09. The summed E-state index contributed by atoms with van der Waals surface area (Å²) >= 11 is 0. The minimum atomic E-state index is -0.0217. The molecule has 0 fully saturated rings. The summed E-state index contributed by atoms with van der Waals surface area (Å²) in [5, 5.41) is 4.08. The van der Waals surface area contributed by atoms with Crippen LogP contribution >= 0.6 is 0 Å². The third-order valence-electron chi connectivity index (χ3n) is 2.67. The van der Waals surface area contributed by atoms with Crippen LogP contribution in [-0.4, -0.2) is 15.1 Å². The molecule has 0 saturated heterocycles. The number of nitrogens with one attached hydrogen (secondary N) is 1. The number of H-pyrrole nitrogens is 1. The number of imidazole rings is 1. The minimum Gasteiger partial charge on any atom is -0.360 e. The molecule has 0 aliphatic heterocycles. The van der Waals surface area contributed by atoms with Gasteiger partial charge in [-0.05, 0) is 0 Å². The van der Waals surface area contributed by atoms with Crippen LogP contribution in [0.4, 0.5) is 0 Å². The van der Waals surface area contributed by atoms with E-state index in [2.05, 4.69) is 49.7 Å². The van der Waals surface area contributed by atoms with E-state index in [0.29, 0.717) is 5.92 Å². The van der Waals surface area contributed by atoms with Gasteiger partial charge in [-0.15, -0.1) is 0 Å². The van der Waals surface area contributed by atoms with Gasteiger partial charge in [-0.1, -0.05) is 39.8 Å². The van der Waals surface area contributed by atoms with Crippen molar-refractivity contribution in [1.82, 2.24) is 15.1 Å². The summed E-state index contributed by atoms with van der Waals surface area (Å²) in [5.41, 5.74) is 1.70. The predicted octanol–water partition coefficient (Wildman–Crippen LogP) is 3.49. The summed E-state index contributed by atoms with van der Waals surface area (Å²) in [7, 11) is 0. The van der Waals surface area contributed by atoms with Crippen molar-refractivity contribution in [2.24, 2.45) is 0 Å². The summed E-state index contributed by atoms with van der Waals surface area (Å²) in [6, 6.07) is 1.97. The smallest absolute Gasteiger partial charge is 0.142 e. The third kappa shape index (κ3) is 2.40. The highest BCUT2D eigenvalue weighted by atomic mass is 16.5. The van der Waals surface area contributed by atoms with Crippen LogP contribution in [0.5, 0.6) is 0 Å². The van der Waals surface area contributed by atoms with Crippen molar-refractivity contribution >= 4 is 0 Å². The molecule has 2 heterocycles. The van der Waals surface area contributed by atoms with E-state index < -0.39 is 0 Å². The first-order chi connectivity index (χ1) is 7.88. The molecule has 0 aromatic carbocycles. The van der Waals surface area contributed by atoms with E-state index in [-0.39, 0.29) is 5.41 Å². The number of aromatic nitrogens is 3. The summed E-state index contributed by atoms with van der Waals surface area (Å²) < 4.78 is 5.36. The second-order valence-corrected chi connectivity index (χ2v) is 5.66. The Morgan fingerprint density at radius 2 is 2.00 bits per heavy atom. The molecule has 4 nitrogen and oxygen atoms in total. The van der Waals surface area contributed by atoms with Gasteiger partial charge in [0.15, 0.2) is 0 Å². The molecule has 0 spiro atoms. The number of nitrogens with zero attached hydrogens (tertiary/aromatic N) is 2. The molecule has 0 radical (unpaired) electrons. The van der Waals surface area contributed by atoms with Crippen LogP contribution in [0, 0.1) is 0 Å². The SMILES string of the molecule is CC(C)c1ncc(-c2cc(C(C)(C)C)on2)[nH]1.